The molecule has 0 fully saturated rings. The molecule has 29 heavy (non-hydrogen) atoms. The van der Waals surface area contributed by atoms with E-state index < -0.39 is 28.5 Å². The van der Waals surface area contributed by atoms with Crippen molar-refractivity contribution in [2.24, 2.45) is 5.14 Å². The molecule has 0 aliphatic heterocycles. The number of primary sulfonamides is 1. The predicted octanol–water partition coefficient (Wildman–Crippen LogP) is 0.867. The van der Waals surface area contributed by atoms with Crippen molar-refractivity contribution in [2.45, 2.75) is 11.3 Å². The summed E-state index contributed by atoms with van der Waals surface area (Å²) < 4.78 is 37.6. The summed E-state index contributed by atoms with van der Waals surface area (Å²) in [6, 6.07) is 10.6. The number of benzene rings is 2. The number of ether oxygens (including phenoxy) is 3. The Morgan fingerprint density at radius 2 is 1.59 bits per heavy atom. The van der Waals surface area contributed by atoms with Crippen molar-refractivity contribution >= 4 is 21.9 Å². The first kappa shape index (κ1) is 22.2. The number of esters is 1. The lowest BCUT2D eigenvalue weighted by Gasteiger charge is -2.09. The van der Waals surface area contributed by atoms with Gasteiger partial charge in [-0.15, -0.1) is 0 Å². The van der Waals surface area contributed by atoms with Crippen LogP contribution in [-0.4, -0.2) is 47.7 Å². The van der Waals surface area contributed by atoms with Gasteiger partial charge in [0.05, 0.1) is 24.7 Å². The molecule has 0 aliphatic carbocycles. The van der Waals surface area contributed by atoms with E-state index in [1.165, 1.54) is 38.5 Å². The Morgan fingerprint density at radius 1 is 1.00 bits per heavy atom. The SMILES string of the molecule is COc1cc(OC)cc(C(=O)OCC(=O)NCCc2ccc(S(N)(=O)=O)cc2)c1. The number of nitrogens with two attached hydrogens (primary N) is 1. The third-order valence-electron chi connectivity index (χ3n) is 3.91. The van der Waals surface area contributed by atoms with Gasteiger partial charge in [-0.2, -0.15) is 0 Å². The van der Waals surface area contributed by atoms with E-state index >= 15 is 0 Å². The number of carbonyl (C=O) groups excluding carboxylic acids is 2. The number of sulfonamides is 1. The second-order valence-electron chi connectivity index (χ2n) is 5.97. The third-order valence-corrected chi connectivity index (χ3v) is 4.84. The maximum absolute atomic E-state index is 12.1. The fourth-order valence-corrected chi connectivity index (χ4v) is 2.90. The van der Waals surface area contributed by atoms with Crippen molar-refractivity contribution in [3.05, 3.63) is 53.6 Å². The van der Waals surface area contributed by atoms with E-state index in [0.29, 0.717) is 17.9 Å². The molecule has 0 saturated heterocycles. The monoisotopic (exact) mass is 422 g/mol. The molecule has 0 aromatic heterocycles. The lowest BCUT2D eigenvalue weighted by molar-refractivity contribution is -0.124. The zero-order chi connectivity index (χ0) is 21.4. The Bertz CT molecular complexity index is 950. The Hall–Kier alpha value is -3.11. The minimum absolute atomic E-state index is 0.0198. The highest BCUT2D eigenvalue weighted by Crippen LogP contribution is 2.22. The minimum Gasteiger partial charge on any atom is -0.497 e. The maximum atomic E-state index is 12.1. The first-order valence-corrected chi connectivity index (χ1v) is 10.1. The summed E-state index contributed by atoms with van der Waals surface area (Å²) in [6.45, 7) is -0.152. The number of amides is 1. The first-order chi connectivity index (χ1) is 13.7. The standard InChI is InChI=1S/C19H22N2O7S/c1-26-15-9-14(10-16(11-15)27-2)19(23)28-12-18(22)21-8-7-13-3-5-17(6-4-13)29(20,24)25/h3-6,9-11H,7-8,12H2,1-2H3,(H,21,22)(H2,20,24,25). The van der Waals surface area contributed by atoms with Gasteiger partial charge < -0.3 is 19.5 Å². The normalized spacial score (nSPS) is 10.9. The lowest BCUT2D eigenvalue weighted by Crippen LogP contribution is -2.30. The number of hydrogen-bond acceptors (Lipinski definition) is 7. The van der Waals surface area contributed by atoms with Gasteiger partial charge in [-0.25, -0.2) is 18.4 Å². The largest absolute Gasteiger partial charge is 0.497 e. The molecule has 0 unspecified atom stereocenters. The van der Waals surface area contributed by atoms with Crippen LogP contribution in [0.3, 0.4) is 0 Å². The summed E-state index contributed by atoms with van der Waals surface area (Å²) in [7, 11) is -0.819. The van der Waals surface area contributed by atoms with Crippen LogP contribution in [0.5, 0.6) is 11.5 Å². The van der Waals surface area contributed by atoms with Crippen molar-refractivity contribution in [1.82, 2.24) is 5.32 Å². The van der Waals surface area contributed by atoms with Gasteiger partial charge in [0.2, 0.25) is 10.0 Å². The molecule has 156 valence electrons. The number of methoxy groups -OCH3 is 2. The average molecular weight is 422 g/mol. The highest BCUT2D eigenvalue weighted by Gasteiger charge is 2.13. The average Bonchev–Trinajstić information content (AvgIpc) is 2.71. The molecule has 2 rings (SSSR count). The van der Waals surface area contributed by atoms with Gasteiger partial charge in [0.1, 0.15) is 11.5 Å². The molecular weight excluding hydrogens is 400 g/mol. The van der Waals surface area contributed by atoms with Gasteiger partial charge in [-0.05, 0) is 36.2 Å². The van der Waals surface area contributed by atoms with E-state index in [-0.39, 0.29) is 17.0 Å². The van der Waals surface area contributed by atoms with E-state index in [2.05, 4.69) is 5.32 Å². The van der Waals surface area contributed by atoms with Gasteiger partial charge in [0.25, 0.3) is 5.91 Å². The van der Waals surface area contributed by atoms with Crippen molar-refractivity contribution in [3.63, 3.8) is 0 Å². The topological polar surface area (TPSA) is 134 Å². The highest BCUT2D eigenvalue weighted by molar-refractivity contribution is 7.89. The third kappa shape index (κ3) is 6.77. The van der Waals surface area contributed by atoms with Crippen LogP contribution < -0.4 is 19.9 Å². The Morgan fingerprint density at radius 3 is 2.10 bits per heavy atom. The van der Waals surface area contributed by atoms with Gasteiger partial charge in [-0.3, -0.25) is 4.79 Å². The van der Waals surface area contributed by atoms with Crippen molar-refractivity contribution in [3.8, 4) is 11.5 Å². The summed E-state index contributed by atoms with van der Waals surface area (Å²) >= 11 is 0. The van der Waals surface area contributed by atoms with Crippen LogP contribution in [0, 0.1) is 0 Å². The lowest BCUT2D eigenvalue weighted by atomic mass is 10.1. The highest BCUT2D eigenvalue weighted by atomic mass is 32.2. The second kappa shape index (κ2) is 9.89. The van der Waals surface area contributed by atoms with Gasteiger partial charge >= 0.3 is 5.97 Å². The van der Waals surface area contributed by atoms with Crippen LogP contribution in [0.4, 0.5) is 0 Å². The number of rotatable bonds is 9. The second-order valence-corrected chi connectivity index (χ2v) is 7.53. The fraction of sp³-hybridized carbons (Fsp3) is 0.263. The predicted molar refractivity (Wildman–Crippen MR) is 104 cm³/mol. The van der Waals surface area contributed by atoms with Gasteiger partial charge in [0, 0.05) is 12.6 Å². The van der Waals surface area contributed by atoms with Crippen LogP contribution in [0.1, 0.15) is 15.9 Å². The molecule has 1 amide bonds. The summed E-state index contributed by atoms with van der Waals surface area (Å²) in [6.07, 6.45) is 0.470. The van der Waals surface area contributed by atoms with E-state index in [1.807, 2.05) is 0 Å². The molecule has 3 N–H and O–H groups in total. The Labute approximate surface area is 168 Å². The van der Waals surface area contributed by atoms with E-state index in [1.54, 1.807) is 18.2 Å². The van der Waals surface area contributed by atoms with Crippen LogP contribution in [0.2, 0.25) is 0 Å². The molecule has 2 aromatic carbocycles. The van der Waals surface area contributed by atoms with Gasteiger partial charge in [0.15, 0.2) is 6.61 Å². The molecule has 2 aromatic rings. The molecule has 9 nitrogen and oxygen atoms in total. The Balaban J connectivity index is 1.80. The summed E-state index contributed by atoms with van der Waals surface area (Å²) in [5, 5.41) is 7.66. The summed E-state index contributed by atoms with van der Waals surface area (Å²) in [5.74, 6) is -0.297. The quantitative estimate of drug-likeness (QED) is 0.573. The smallest absolute Gasteiger partial charge is 0.338 e. The van der Waals surface area contributed by atoms with Gasteiger partial charge in [-0.1, -0.05) is 12.1 Å². The molecule has 0 heterocycles. The van der Waals surface area contributed by atoms with E-state index in [0.717, 1.165) is 5.56 Å². The summed E-state index contributed by atoms with van der Waals surface area (Å²) in [4.78, 5) is 24.0. The van der Waals surface area contributed by atoms with Crippen LogP contribution in [0.15, 0.2) is 47.4 Å². The first-order valence-electron chi connectivity index (χ1n) is 8.51. The van der Waals surface area contributed by atoms with Crippen molar-refractivity contribution in [2.75, 3.05) is 27.4 Å². The molecule has 0 aliphatic rings. The van der Waals surface area contributed by atoms with Crippen molar-refractivity contribution in [1.29, 1.82) is 0 Å². The minimum atomic E-state index is -3.73. The molecular formula is C19H22N2O7S. The molecule has 0 atom stereocenters. The molecule has 0 bridgehead atoms. The summed E-state index contributed by atoms with van der Waals surface area (Å²) in [5.41, 5.74) is 1.02. The fourth-order valence-electron chi connectivity index (χ4n) is 2.38. The van der Waals surface area contributed by atoms with E-state index in [4.69, 9.17) is 19.3 Å². The molecule has 0 radical (unpaired) electrons. The number of hydrogen-bond donors (Lipinski definition) is 2. The maximum Gasteiger partial charge on any atom is 0.338 e. The van der Waals surface area contributed by atoms with Crippen LogP contribution >= 0.6 is 0 Å². The molecule has 0 spiro atoms. The Kier molecular flexibility index (Phi) is 7.57. The molecule has 0 saturated carbocycles. The zero-order valence-corrected chi connectivity index (χ0v) is 16.8. The van der Waals surface area contributed by atoms with Crippen LogP contribution in [-0.2, 0) is 26.0 Å². The van der Waals surface area contributed by atoms with Crippen molar-refractivity contribution < 1.29 is 32.2 Å². The zero-order valence-electron chi connectivity index (χ0n) is 16.0. The number of nitrogens with one attached hydrogen (secondary N) is 1. The van der Waals surface area contributed by atoms with Crippen LogP contribution in [0.25, 0.3) is 0 Å². The molecule has 10 heteroatoms. The van der Waals surface area contributed by atoms with E-state index in [9.17, 15) is 18.0 Å². The number of carbonyl (C=O) groups is 2.